The van der Waals surface area contributed by atoms with Crippen molar-refractivity contribution in [2.75, 3.05) is 12.3 Å². The quantitative estimate of drug-likeness (QED) is 0.921. The lowest BCUT2D eigenvalue weighted by molar-refractivity contribution is -0.0386. The number of rotatable bonds is 4. The Morgan fingerprint density at radius 3 is 2.72 bits per heavy atom. The molecule has 18 heavy (non-hydrogen) atoms. The summed E-state index contributed by atoms with van der Waals surface area (Å²) in [5, 5.41) is 0.941. The van der Waals surface area contributed by atoms with Crippen LogP contribution in [0.4, 0.5) is 5.82 Å². The lowest BCUT2D eigenvalue weighted by Crippen LogP contribution is -2.28. The van der Waals surface area contributed by atoms with Gasteiger partial charge in [0.2, 0.25) is 0 Å². The molecule has 1 atom stereocenters. The van der Waals surface area contributed by atoms with Crippen LogP contribution in [0.3, 0.4) is 0 Å². The van der Waals surface area contributed by atoms with E-state index >= 15 is 0 Å². The van der Waals surface area contributed by atoms with E-state index in [1.165, 1.54) is 4.88 Å². The number of nitrogens with two attached hydrogens (primary N) is 1. The molecule has 2 N–H and O–H groups in total. The molecule has 0 radical (unpaired) electrons. The van der Waals surface area contributed by atoms with E-state index in [0.29, 0.717) is 18.2 Å². The van der Waals surface area contributed by atoms with Crippen molar-refractivity contribution in [3.05, 3.63) is 16.8 Å². The lowest BCUT2D eigenvalue weighted by Gasteiger charge is -2.26. The molecule has 0 bridgehead atoms. The summed E-state index contributed by atoms with van der Waals surface area (Å²) in [4.78, 5) is 11.2. The molecule has 0 aliphatic carbocycles. The fraction of sp³-hybridized carbons (Fsp3) is 0.538. The van der Waals surface area contributed by atoms with Gasteiger partial charge in [0, 0.05) is 11.5 Å². The Morgan fingerprint density at radius 1 is 1.39 bits per heavy atom. The summed E-state index contributed by atoms with van der Waals surface area (Å²) < 4.78 is 5.80. The second kappa shape index (κ2) is 4.82. The zero-order chi connectivity index (χ0) is 13.3. The van der Waals surface area contributed by atoms with Gasteiger partial charge in [-0.15, -0.1) is 11.3 Å². The monoisotopic (exact) mass is 265 g/mol. The number of fused-ring (bicyclic) bond motifs is 1. The maximum absolute atomic E-state index is 6.02. The molecule has 2 aromatic rings. The van der Waals surface area contributed by atoms with Crippen molar-refractivity contribution in [2.24, 2.45) is 0 Å². The molecule has 0 amide bonds. The summed E-state index contributed by atoms with van der Waals surface area (Å²) in [5.74, 6) is 1.22. The highest BCUT2D eigenvalue weighted by Crippen LogP contribution is 2.32. The Kier molecular flexibility index (Phi) is 3.54. The van der Waals surface area contributed by atoms with Crippen molar-refractivity contribution >= 4 is 27.4 Å². The number of nitrogens with zero attached hydrogens (tertiary/aromatic N) is 2. The summed E-state index contributed by atoms with van der Waals surface area (Å²) in [5.41, 5.74) is 5.55. The maximum atomic E-state index is 6.02. The van der Waals surface area contributed by atoms with Crippen molar-refractivity contribution in [1.82, 2.24) is 9.97 Å². The predicted molar refractivity (Wildman–Crippen MR) is 75.8 cm³/mol. The molecule has 98 valence electrons. The Hall–Kier alpha value is -1.20. The van der Waals surface area contributed by atoms with Crippen LogP contribution in [0.1, 0.15) is 37.9 Å². The summed E-state index contributed by atoms with van der Waals surface area (Å²) in [6.45, 7) is 8.74. The third-order valence-electron chi connectivity index (χ3n) is 3.16. The first-order valence-corrected chi connectivity index (χ1v) is 7.00. The van der Waals surface area contributed by atoms with Gasteiger partial charge in [-0.25, -0.2) is 9.97 Å². The van der Waals surface area contributed by atoms with Gasteiger partial charge in [-0.05, 0) is 33.3 Å². The molecule has 4 nitrogen and oxygen atoms in total. The molecule has 2 rings (SSSR count). The van der Waals surface area contributed by atoms with E-state index in [0.717, 1.165) is 16.6 Å². The zero-order valence-corrected chi connectivity index (χ0v) is 12.1. The number of aromatic nitrogens is 2. The highest BCUT2D eigenvalue weighted by molar-refractivity contribution is 7.18. The number of hydrogen-bond acceptors (Lipinski definition) is 5. The minimum Gasteiger partial charge on any atom is -0.383 e. The Balaban J connectivity index is 2.57. The fourth-order valence-electron chi connectivity index (χ4n) is 1.94. The minimum atomic E-state index is -0.463. The van der Waals surface area contributed by atoms with E-state index in [-0.39, 0.29) is 0 Å². The second-order valence-corrected chi connectivity index (χ2v) is 5.76. The summed E-state index contributed by atoms with van der Waals surface area (Å²) in [7, 11) is 0. The molecule has 5 heteroatoms. The van der Waals surface area contributed by atoms with Crippen molar-refractivity contribution in [3.8, 4) is 0 Å². The van der Waals surface area contributed by atoms with Gasteiger partial charge < -0.3 is 10.5 Å². The molecular weight excluding hydrogens is 246 g/mol. The molecule has 1 unspecified atom stereocenters. The molecule has 0 saturated carbocycles. The normalized spacial score (nSPS) is 14.9. The Bertz CT molecular complexity index is 567. The minimum absolute atomic E-state index is 0.463. The Morgan fingerprint density at radius 2 is 2.11 bits per heavy atom. The molecule has 0 aromatic carbocycles. The standard InChI is InChI=1S/C13H19N3OS/c1-5-13(4,17-6-2)12-15-10(14)9-7-8(3)18-11(9)16-12/h7H,5-6H2,1-4H3,(H2,14,15,16). The van der Waals surface area contributed by atoms with Crippen molar-refractivity contribution in [3.63, 3.8) is 0 Å². The molecule has 0 fully saturated rings. The first-order chi connectivity index (χ1) is 8.50. The van der Waals surface area contributed by atoms with E-state index in [9.17, 15) is 0 Å². The largest absolute Gasteiger partial charge is 0.383 e. The molecule has 0 aliphatic heterocycles. The van der Waals surface area contributed by atoms with Gasteiger partial charge in [0.15, 0.2) is 5.82 Å². The van der Waals surface area contributed by atoms with Gasteiger partial charge >= 0.3 is 0 Å². The number of aryl methyl sites for hydroxylation is 1. The molecular formula is C13H19N3OS. The van der Waals surface area contributed by atoms with Crippen molar-refractivity contribution in [2.45, 2.75) is 39.7 Å². The average molecular weight is 265 g/mol. The van der Waals surface area contributed by atoms with E-state index in [2.05, 4.69) is 16.9 Å². The first kappa shape index (κ1) is 13.2. The Labute approximate surface area is 111 Å². The number of thiophene rings is 1. The molecule has 0 saturated heterocycles. The van der Waals surface area contributed by atoms with Gasteiger partial charge in [-0.3, -0.25) is 0 Å². The van der Waals surface area contributed by atoms with Crippen LogP contribution in [-0.2, 0) is 10.3 Å². The van der Waals surface area contributed by atoms with Crippen LogP contribution in [0.5, 0.6) is 0 Å². The van der Waals surface area contributed by atoms with Gasteiger partial charge in [0.25, 0.3) is 0 Å². The van der Waals surface area contributed by atoms with Crippen molar-refractivity contribution in [1.29, 1.82) is 0 Å². The van der Waals surface area contributed by atoms with E-state index < -0.39 is 5.60 Å². The lowest BCUT2D eigenvalue weighted by atomic mass is 10.0. The van der Waals surface area contributed by atoms with Crippen LogP contribution in [0.2, 0.25) is 0 Å². The number of nitrogen functional groups attached to an aromatic ring is 1. The smallest absolute Gasteiger partial charge is 0.163 e. The third-order valence-corrected chi connectivity index (χ3v) is 4.10. The molecule has 0 spiro atoms. The van der Waals surface area contributed by atoms with E-state index in [1.807, 2.05) is 26.8 Å². The maximum Gasteiger partial charge on any atom is 0.163 e. The second-order valence-electron chi connectivity index (χ2n) is 4.53. The SMILES string of the molecule is CCOC(C)(CC)c1nc(N)c2cc(C)sc2n1. The molecule has 2 heterocycles. The van der Waals surface area contributed by atoms with Crippen LogP contribution in [0.15, 0.2) is 6.07 Å². The zero-order valence-electron chi connectivity index (χ0n) is 11.3. The summed E-state index contributed by atoms with van der Waals surface area (Å²) in [6.07, 6.45) is 0.816. The van der Waals surface area contributed by atoms with Crippen LogP contribution in [-0.4, -0.2) is 16.6 Å². The number of hydrogen-bond donors (Lipinski definition) is 1. The van der Waals surface area contributed by atoms with Gasteiger partial charge in [0.05, 0.1) is 5.39 Å². The van der Waals surface area contributed by atoms with Crippen LogP contribution in [0.25, 0.3) is 10.2 Å². The predicted octanol–water partition coefficient (Wildman–Crippen LogP) is 3.24. The fourth-order valence-corrected chi connectivity index (χ4v) is 2.83. The molecule has 2 aromatic heterocycles. The van der Waals surface area contributed by atoms with E-state index in [1.54, 1.807) is 11.3 Å². The summed E-state index contributed by atoms with van der Waals surface area (Å²) >= 11 is 1.64. The van der Waals surface area contributed by atoms with Crippen LogP contribution >= 0.6 is 11.3 Å². The number of ether oxygens (including phenoxy) is 1. The summed E-state index contributed by atoms with van der Waals surface area (Å²) in [6, 6.07) is 2.03. The first-order valence-electron chi connectivity index (χ1n) is 6.18. The van der Waals surface area contributed by atoms with Gasteiger partial charge in [-0.2, -0.15) is 0 Å². The van der Waals surface area contributed by atoms with Crippen molar-refractivity contribution < 1.29 is 4.74 Å². The van der Waals surface area contributed by atoms with E-state index in [4.69, 9.17) is 10.5 Å². The molecule has 0 aliphatic rings. The van der Waals surface area contributed by atoms with Gasteiger partial charge in [0.1, 0.15) is 16.2 Å². The highest BCUT2D eigenvalue weighted by atomic mass is 32.1. The van der Waals surface area contributed by atoms with Crippen LogP contribution in [0, 0.1) is 6.92 Å². The average Bonchev–Trinajstić information content (AvgIpc) is 2.70. The van der Waals surface area contributed by atoms with Crippen LogP contribution < -0.4 is 5.73 Å². The van der Waals surface area contributed by atoms with Gasteiger partial charge in [-0.1, -0.05) is 6.92 Å². The highest BCUT2D eigenvalue weighted by Gasteiger charge is 2.29. The topological polar surface area (TPSA) is 61.0 Å². The number of anilines is 1. The third kappa shape index (κ3) is 2.20.